The highest BCUT2D eigenvalue weighted by Gasteiger charge is 2.08. The second-order valence-electron chi connectivity index (χ2n) is 4.17. The van der Waals surface area contributed by atoms with Crippen molar-refractivity contribution in [3.8, 4) is 11.4 Å². The van der Waals surface area contributed by atoms with Gasteiger partial charge in [-0.15, -0.1) is 0 Å². The maximum Gasteiger partial charge on any atom is 0.161 e. The topological polar surface area (TPSA) is 25.8 Å². The summed E-state index contributed by atoms with van der Waals surface area (Å²) in [4.78, 5) is 9.16. The standard InChI is InChI=1S/C15H11BrN2/c1-10-6-2-3-7-11(10)15-17-13-9-5-4-8-12(13)14(16)18-15/h2-9H,1H3. The van der Waals surface area contributed by atoms with E-state index >= 15 is 0 Å². The van der Waals surface area contributed by atoms with Crippen LogP contribution in [0.1, 0.15) is 5.56 Å². The molecule has 1 heterocycles. The Morgan fingerprint density at radius 3 is 2.44 bits per heavy atom. The summed E-state index contributed by atoms with van der Waals surface area (Å²) in [5, 5.41) is 1.04. The molecule has 0 saturated heterocycles. The highest BCUT2D eigenvalue weighted by atomic mass is 79.9. The van der Waals surface area contributed by atoms with Gasteiger partial charge in [0.1, 0.15) is 4.60 Å². The van der Waals surface area contributed by atoms with Gasteiger partial charge in [0.15, 0.2) is 5.82 Å². The van der Waals surface area contributed by atoms with E-state index in [1.807, 2.05) is 42.5 Å². The van der Waals surface area contributed by atoms with E-state index in [2.05, 4.69) is 38.9 Å². The molecular formula is C15H11BrN2. The van der Waals surface area contributed by atoms with Gasteiger partial charge in [0.05, 0.1) is 5.52 Å². The van der Waals surface area contributed by atoms with Gasteiger partial charge in [0.2, 0.25) is 0 Å². The number of hydrogen-bond donors (Lipinski definition) is 0. The second-order valence-corrected chi connectivity index (χ2v) is 4.92. The molecule has 0 aliphatic heterocycles. The molecule has 2 nitrogen and oxygen atoms in total. The van der Waals surface area contributed by atoms with Crippen LogP contribution in [0, 0.1) is 6.92 Å². The van der Waals surface area contributed by atoms with E-state index in [9.17, 15) is 0 Å². The molecule has 0 N–H and O–H groups in total. The molecule has 0 fully saturated rings. The van der Waals surface area contributed by atoms with Gasteiger partial charge in [-0.1, -0.05) is 42.5 Å². The number of halogens is 1. The average molecular weight is 299 g/mol. The van der Waals surface area contributed by atoms with Crippen molar-refractivity contribution < 1.29 is 0 Å². The van der Waals surface area contributed by atoms with Gasteiger partial charge in [-0.3, -0.25) is 0 Å². The summed E-state index contributed by atoms with van der Waals surface area (Å²) in [5.74, 6) is 0.763. The number of aromatic nitrogens is 2. The van der Waals surface area contributed by atoms with Gasteiger partial charge < -0.3 is 0 Å². The minimum atomic E-state index is 0.763. The summed E-state index contributed by atoms with van der Waals surface area (Å²) < 4.78 is 0.839. The van der Waals surface area contributed by atoms with Crippen LogP contribution in [0.3, 0.4) is 0 Å². The summed E-state index contributed by atoms with van der Waals surface area (Å²) >= 11 is 3.52. The van der Waals surface area contributed by atoms with Crippen molar-refractivity contribution in [2.24, 2.45) is 0 Å². The Morgan fingerprint density at radius 2 is 1.61 bits per heavy atom. The van der Waals surface area contributed by atoms with Crippen molar-refractivity contribution in [3.63, 3.8) is 0 Å². The van der Waals surface area contributed by atoms with Crippen molar-refractivity contribution in [1.29, 1.82) is 0 Å². The smallest absolute Gasteiger partial charge is 0.161 e. The van der Waals surface area contributed by atoms with Gasteiger partial charge in [-0.25, -0.2) is 9.97 Å². The van der Waals surface area contributed by atoms with Crippen molar-refractivity contribution in [1.82, 2.24) is 9.97 Å². The van der Waals surface area contributed by atoms with E-state index in [4.69, 9.17) is 0 Å². The van der Waals surface area contributed by atoms with Gasteiger partial charge in [0, 0.05) is 10.9 Å². The quantitative estimate of drug-likeness (QED) is 0.624. The van der Waals surface area contributed by atoms with Gasteiger partial charge in [-0.2, -0.15) is 0 Å². The summed E-state index contributed by atoms with van der Waals surface area (Å²) in [6.07, 6.45) is 0. The Morgan fingerprint density at radius 1 is 0.889 bits per heavy atom. The summed E-state index contributed by atoms with van der Waals surface area (Å²) in [6, 6.07) is 16.1. The highest BCUT2D eigenvalue weighted by molar-refractivity contribution is 9.10. The molecule has 0 bridgehead atoms. The van der Waals surface area contributed by atoms with Crippen LogP contribution in [0.15, 0.2) is 53.1 Å². The van der Waals surface area contributed by atoms with Gasteiger partial charge in [0.25, 0.3) is 0 Å². The number of benzene rings is 2. The zero-order valence-electron chi connectivity index (χ0n) is 9.89. The molecule has 0 radical (unpaired) electrons. The summed E-state index contributed by atoms with van der Waals surface area (Å²) in [6.45, 7) is 2.07. The minimum absolute atomic E-state index is 0.763. The lowest BCUT2D eigenvalue weighted by Crippen LogP contribution is -1.93. The van der Waals surface area contributed by atoms with Crippen LogP contribution < -0.4 is 0 Å². The van der Waals surface area contributed by atoms with Crippen LogP contribution >= 0.6 is 15.9 Å². The Labute approximate surface area is 114 Å². The molecule has 18 heavy (non-hydrogen) atoms. The molecule has 3 heteroatoms. The second kappa shape index (κ2) is 4.50. The number of nitrogens with zero attached hydrogens (tertiary/aromatic N) is 2. The van der Waals surface area contributed by atoms with Gasteiger partial charge >= 0.3 is 0 Å². The normalized spacial score (nSPS) is 10.8. The Kier molecular flexibility index (Phi) is 2.84. The largest absolute Gasteiger partial charge is 0.228 e. The van der Waals surface area contributed by atoms with E-state index in [0.717, 1.165) is 26.9 Å². The molecule has 0 amide bonds. The maximum atomic E-state index is 4.63. The number of rotatable bonds is 1. The predicted molar refractivity (Wildman–Crippen MR) is 77.4 cm³/mol. The number of aryl methyl sites for hydroxylation is 1. The molecule has 0 aliphatic rings. The Hall–Kier alpha value is -1.74. The molecule has 3 aromatic rings. The molecule has 3 rings (SSSR count). The van der Waals surface area contributed by atoms with Crippen LogP contribution in [0.25, 0.3) is 22.3 Å². The Bertz CT molecular complexity index is 723. The lowest BCUT2D eigenvalue weighted by molar-refractivity contribution is 1.19. The van der Waals surface area contributed by atoms with Crippen LogP contribution in [0.4, 0.5) is 0 Å². The lowest BCUT2D eigenvalue weighted by Gasteiger charge is -2.06. The van der Waals surface area contributed by atoms with E-state index in [1.165, 1.54) is 5.56 Å². The predicted octanol–water partition coefficient (Wildman–Crippen LogP) is 4.37. The van der Waals surface area contributed by atoms with Crippen LogP contribution in [-0.2, 0) is 0 Å². The van der Waals surface area contributed by atoms with E-state index in [1.54, 1.807) is 0 Å². The zero-order chi connectivity index (χ0) is 12.5. The molecule has 88 valence electrons. The van der Waals surface area contributed by atoms with Crippen molar-refractivity contribution in [3.05, 3.63) is 58.7 Å². The van der Waals surface area contributed by atoms with Gasteiger partial charge in [-0.05, 0) is 34.5 Å². The molecule has 0 unspecified atom stereocenters. The fourth-order valence-corrected chi connectivity index (χ4v) is 2.49. The number of para-hydroxylation sites is 1. The molecule has 0 aliphatic carbocycles. The molecule has 0 spiro atoms. The zero-order valence-corrected chi connectivity index (χ0v) is 11.5. The monoisotopic (exact) mass is 298 g/mol. The molecular weight excluding hydrogens is 288 g/mol. The van der Waals surface area contributed by atoms with Crippen LogP contribution in [-0.4, -0.2) is 9.97 Å². The van der Waals surface area contributed by atoms with Crippen molar-refractivity contribution in [2.45, 2.75) is 6.92 Å². The first-order valence-corrected chi connectivity index (χ1v) is 6.53. The molecule has 1 aromatic heterocycles. The molecule has 0 saturated carbocycles. The van der Waals surface area contributed by atoms with E-state index in [0.29, 0.717) is 0 Å². The minimum Gasteiger partial charge on any atom is -0.228 e. The number of fused-ring (bicyclic) bond motifs is 1. The first-order chi connectivity index (χ1) is 8.75. The third-order valence-electron chi connectivity index (χ3n) is 2.94. The first kappa shape index (κ1) is 11.4. The van der Waals surface area contributed by atoms with Crippen molar-refractivity contribution in [2.75, 3.05) is 0 Å². The fourth-order valence-electron chi connectivity index (χ4n) is 1.98. The van der Waals surface area contributed by atoms with Crippen LogP contribution in [0.5, 0.6) is 0 Å². The SMILES string of the molecule is Cc1ccccc1-c1nc(Br)c2ccccc2n1. The number of hydrogen-bond acceptors (Lipinski definition) is 2. The molecule has 0 atom stereocenters. The average Bonchev–Trinajstić information content (AvgIpc) is 2.39. The lowest BCUT2D eigenvalue weighted by atomic mass is 10.1. The summed E-state index contributed by atoms with van der Waals surface area (Å²) in [5.41, 5.74) is 3.21. The van der Waals surface area contributed by atoms with Crippen LogP contribution in [0.2, 0.25) is 0 Å². The third kappa shape index (κ3) is 1.91. The summed E-state index contributed by atoms with van der Waals surface area (Å²) in [7, 11) is 0. The fraction of sp³-hybridized carbons (Fsp3) is 0.0667. The van der Waals surface area contributed by atoms with E-state index < -0.39 is 0 Å². The van der Waals surface area contributed by atoms with E-state index in [-0.39, 0.29) is 0 Å². The first-order valence-electron chi connectivity index (χ1n) is 5.74. The third-order valence-corrected chi connectivity index (χ3v) is 3.55. The maximum absolute atomic E-state index is 4.63. The molecule has 2 aromatic carbocycles. The Balaban J connectivity index is 2.28. The highest BCUT2D eigenvalue weighted by Crippen LogP contribution is 2.26. The van der Waals surface area contributed by atoms with Crippen molar-refractivity contribution >= 4 is 26.8 Å².